The molecule has 1 aliphatic heterocycles. The maximum absolute atomic E-state index is 6.20. The van der Waals surface area contributed by atoms with E-state index in [9.17, 15) is 0 Å². The number of thiocarbonyl (C=S) groups is 1. The largest absolute Gasteiger partial charge is 0.360 e. The van der Waals surface area contributed by atoms with Gasteiger partial charge >= 0.3 is 0 Å². The second kappa shape index (κ2) is 8.81. The molecule has 2 heterocycles. The third-order valence-corrected chi connectivity index (χ3v) is 5.19. The summed E-state index contributed by atoms with van der Waals surface area (Å²) in [5, 5.41) is 7.53. The van der Waals surface area contributed by atoms with Gasteiger partial charge in [-0.2, -0.15) is 4.98 Å². The molecular weight excluding hydrogens is 342 g/mol. The van der Waals surface area contributed by atoms with Crippen LogP contribution in [0.3, 0.4) is 0 Å². The molecule has 0 bridgehead atoms. The first-order valence-corrected chi connectivity index (χ1v) is 9.86. The van der Waals surface area contributed by atoms with E-state index in [1.54, 1.807) is 0 Å². The Morgan fingerprint density at radius 1 is 1.04 bits per heavy atom. The van der Waals surface area contributed by atoms with E-state index in [1.165, 1.54) is 57.8 Å². The highest BCUT2D eigenvalue weighted by Gasteiger charge is 2.16. The predicted octanol–water partition coefficient (Wildman–Crippen LogP) is 4.13. The lowest BCUT2D eigenvalue weighted by molar-refractivity contribution is 0.414. The number of hydrogen-bond donors (Lipinski definition) is 2. The van der Waals surface area contributed by atoms with Crippen LogP contribution in [0.4, 0.5) is 11.8 Å². The topological polar surface area (TPSA) is 53.1 Å². The van der Waals surface area contributed by atoms with Crippen molar-refractivity contribution in [2.45, 2.75) is 63.8 Å². The van der Waals surface area contributed by atoms with Crippen molar-refractivity contribution in [2.75, 3.05) is 23.3 Å². The van der Waals surface area contributed by atoms with Crippen LogP contribution >= 0.6 is 23.8 Å². The standard InChI is InChI=1S/C17H26ClN5S/c18-14-12-15(23-10-6-1-2-7-11-23)21-16(20-14)22-17(24)19-13-8-4-3-5-9-13/h12-13H,1-11H2,(H2,19,20,21,22,24). The Labute approximate surface area is 154 Å². The Balaban J connectivity index is 1.63. The second-order valence-corrected chi connectivity index (χ2v) is 7.50. The fourth-order valence-corrected chi connectivity index (χ4v) is 3.93. The number of halogens is 1. The summed E-state index contributed by atoms with van der Waals surface area (Å²) in [4.78, 5) is 11.2. The Hall–Kier alpha value is -1.14. The summed E-state index contributed by atoms with van der Waals surface area (Å²) in [5.74, 6) is 1.37. The lowest BCUT2D eigenvalue weighted by Gasteiger charge is -2.24. The van der Waals surface area contributed by atoms with E-state index in [-0.39, 0.29) is 0 Å². The Morgan fingerprint density at radius 2 is 1.71 bits per heavy atom. The minimum atomic E-state index is 0.451. The first-order valence-electron chi connectivity index (χ1n) is 9.08. The molecule has 3 rings (SSSR count). The van der Waals surface area contributed by atoms with Crippen molar-refractivity contribution >= 4 is 40.7 Å². The minimum absolute atomic E-state index is 0.451. The van der Waals surface area contributed by atoms with Crippen molar-refractivity contribution in [2.24, 2.45) is 0 Å². The monoisotopic (exact) mass is 367 g/mol. The third kappa shape index (κ3) is 5.18. The molecular formula is C17H26ClN5S. The third-order valence-electron chi connectivity index (χ3n) is 4.78. The summed E-state index contributed by atoms with van der Waals surface area (Å²) in [7, 11) is 0. The van der Waals surface area contributed by atoms with E-state index in [2.05, 4.69) is 25.5 Å². The highest BCUT2D eigenvalue weighted by Crippen LogP contribution is 2.22. The maximum Gasteiger partial charge on any atom is 0.232 e. The van der Waals surface area contributed by atoms with Crippen LogP contribution in [0.1, 0.15) is 57.8 Å². The van der Waals surface area contributed by atoms with Gasteiger partial charge in [0.25, 0.3) is 0 Å². The lowest BCUT2D eigenvalue weighted by atomic mass is 9.96. The molecule has 132 valence electrons. The molecule has 0 spiro atoms. The fraction of sp³-hybridized carbons (Fsp3) is 0.706. The van der Waals surface area contributed by atoms with Crippen LogP contribution in [0.5, 0.6) is 0 Å². The number of rotatable bonds is 3. The van der Waals surface area contributed by atoms with Gasteiger partial charge in [-0.25, -0.2) is 4.98 Å². The van der Waals surface area contributed by atoms with Gasteiger partial charge in [0.2, 0.25) is 5.95 Å². The van der Waals surface area contributed by atoms with Crippen molar-refractivity contribution in [1.82, 2.24) is 15.3 Å². The zero-order valence-corrected chi connectivity index (χ0v) is 15.6. The fourth-order valence-electron chi connectivity index (χ4n) is 3.49. The Bertz CT molecular complexity index is 554. The summed E-state index contributed by atoms with van der Waals surface area (Å²) in [6, 6.07) is 2.30. The van der Waals surface area contributed by atoms with Gasteiger partial charge in [0.15, 0.2) is 5.11 Å². The van der Waals surface area contributed by atoms with Crippen molar-refractivity contribution in [3.63, 3.8) is 0 Å². The van der Waals surface area contributed by atoms with E-state index in [4.69, 9.17) is 23.8 Å². The van der Waals surface area contributed by atoms with Gasteiger partial charge in [-0.15, -0.1) is 0 Å². The maximum atomic E-state index is 6.20. The zero-order chi connectivity index (χ0) is 16.8. The van der Waals surface area contributed by atoms with Crippen LogP contribution in [0.2, 0.25) is 5.15 Å². The highest BCUT2D eigenvalue weighted by molar-refractivity contribution is 7.80. The molecule has 1 aromatic heterocycles. The minimum Gasteiger partial charge on any atom is -0.360 e. The lowest BCUT2D eigenvalue weighted by Crippen LogP contribution is -2.39. The van der Waals surface area contributed by atoms with Gasteiger partial charge in [0.05, 0.1) is 0 Å². The summed E-state index contributed by atoms with van der Waals surface area (Å²) < 4.78 is 0. The predicted molar refractivity (Wildman–Crippen MR) is 104 cm³/mol. The summed E-state index contributed by atoms with van der Waals surface area (Å²) in [5.41, 5.74) is 0. The van der Waals surface area contributed by atoms with Gasteiger partial charge in [-0.3, -0.25) is 0 Å². The first kappa shape index (κ1) is 17.7. The van der Waals surface area contributed by atoms with Gasteiger partial charge in [-0.05, 0) is 37.9 Å². The molecule has 2 N–H and O–H groups in total. The molecule has 1 saturated heterocycles. The quantitative estimate of drug-likeness (QED) is 0.618. The van der Waals surface area contributed by atoms with Crippen LogP contribution in [-0.4, -0.2) is 34.2 Å². The van der Waals surface area contributed by atoms with Crippen LogP contribution < -0.4 is 15.5 Å². The molecule has 5 nitrogen and oxygen atoms in total. The molecule has 0 unspecified atom stereocenters. The molecule has 24 heavy (non-hydrogen) atoms. The molecule has 0 radical (unpaired) electrons. The van der Waals surface area contributed by atoms with E-state index >= 15 is 0 Å². The van der Waals surface area contributed by atoms with Gasteiger partial charge in [0.1, 0.15) is 11.0 Å². The van der Waals surface area contributed by atoms with Crippen LogP contribution in [0, 0.1) is 0 Å². The molecule has 0 aromatic carbocycles. The van der Waals surface area contributed by atoms with Crippen LogP contribution in [0.15, 0.2) is 6.07 Å². The molecule has 7 heteroatoms. The SMILES string of the molecule is S=C(Nc1nc(Cl)cc(N2CCCCCC2)n1)NC1CCCCC1. The Kier molecular flexibility index (Phi) is 6.49. The van der Waals surface area contributed by atoms with Gasteiger partial charge in [-0.1, -0.05) is 43.7 Å². The van der Waals surface area contributed by atoms with E-state index < -0.39 is 0 Å². The molecule has 0 amide bonds. The summed E-state index contributed by atoms with van der Waals surface area (Å²) in [6.45, 7) is 2.05. The molecule has 1 saturated carbocycles. The van der Waals surface area contributed by atoms with Crippen LogP contribution in [-0.2, 0) is 0 Å². The van der Waals surface area contributed by atoms with Crippen LogP contribution in [0.25, 0.3) is 0 Å². The van der Waals surface area contributed by atoms with Gasteiger partial charge < -0.3 is 15.5 Å². The van der Waals surface area contributed by atoms with Gasteiger partial charge in [0, 0.05) is 25.2 Å². The summed E-state index contributed by atoms with van der Waals surface area (Å²) >= 11 is 11.6. The molecule has 1 aromatic rings. The Morgan fingerprint density at radius 3 is 2.42 bits per heavy atom. The number of nitrogens with zero attached hydrogens (tertiary/aromatic N) is 3. The van der Waals surface area contributed by atoms with E-state index in [1.807, 2.05) is 6.07 Å². The number of aromatic nitrogens is 2. The second-order valence-electron chi connectivity index (χ2n) is 6.71. The molecule has 0 atom stereocenters. The normalized spacial score (nSPS) is 19.6. The van der Waals surface area contributed by atoms with Crippen molar-refractivity contribution < 1.29 is 0 Å². The number of nitrogens with one attached hydrogen (secondary N) is 2. The highest BCUT2D eigenvalue weighted by atomic mass is 35.5. The number of hydrogen-bond acceptors (Lipinski definition) is 4. The molecule has 1 aliphatic carbocycles. The smallest absolute Gasteiger partial charge is 0.232 e. The van der Waals surface area contributed by atoms with E-state index in [0.717, 1.165) is 18.9 Å². The van der Waals surface area contributed by atoms with Crippen molar-refractivity contribution in [3.8, 4) is 0 Å². The van der Waals surface area contributed by atoms with E-state index in [0.29, 0.717) is 22.3 Å². The average molecular weight is 368 g/mol. The van der Waals surface area contributed by atoms with Crippen molar-refractivity contribution in [3.05, 3.63) is 11.2 Å². The molecule has 2 aliphatic rings. The molecule has 2 fully saturated rings. The first-order chi connectivity index (χ1) is 11.7. The zero-order valence-electron chi connectivity index (χ0n) is 14.1. The summed E-state index contributed by atoms with van der Waals surface area (Å²) in [6.07, 6.45) is 11.2. The number of anilines is 2. The average Bonchev–Trinajstić information content (AvgIpc) is 2.84. The van der Waals surface area contributed by atoms with Crippen molar-refractivity contribution in [1.29, 1.82) is 0 Å².